The van der Waals surface area contributed by atoms with Crippen LogP contribution < -0.4 is 11.1 Å². The molecule has 9 heteroatoms. The van der Waals surface area contributed by atoms with E-state index in [2.05, 4.69) is 20.8 Å². The lowest BCUT2D eigenvalue weighted by molar-refractivity contribution is -0.141. The molecule has 3 N–H and O–H groups in total. The van der Waals surface area contributed by atoms with Crippen LogP contribution in [0.2, 0.25) is 0 Å². The third kappa shape index (κ3) is 4.41. The maximum Gasteiger partial charge on any atom is 0.327 e. The van der Waals surface area contributed by atoms with Gasteiger partial charge in [0, 0.05) is 12.1 Å². The fourth-order valence-electron chi connectivity index (χ4n) is 3.21. The highest BCUT2D eigenvalue weighted by Crippen LogP contribution is 2.25. The van der Waals surface area contributed by atoms with Crippen LogP contribution in [0.25, 0.3) is 0 Å². The third-order valence-electron chi connectivity index (χ3n) is 4.70. The molecule has 1 atom stereocenters. The summed E-state index contributed by atoms with van der Waals surface area (Å²) < 4.78 is 19.5. The maximum absolute atomic E-state index is 13.4. The number of tetrazole rings is 1. The molecule has 26 heavy (non-hydrogen) atoms. The molecule has 0 aliphatic heterocycles. The second-order valence-corrected chi connectivity index (χ2v) is 6.53. The molecule has 3 rings (SSSR count). The van der Waals surface area contributed by atoms with Crippen LogP contribution >= 0.6 is 0 Å². The van der Waals surface area contributed by atoms with Crippen molar-refractivity contribution in [3.8, 4) is 0 Å². The zero-order chi connectivity index (χ0) is 18.5. The molecule has 1 fully saturated rings. The zero-order valence-corrected chi connectivity index (χ0v) is 14.6. The summed E-state index contributed by atoms with van der Waals surface area (Å²) in [6.07, 6.45) is 3.77. The second-order valence-electron chi connectivity index (χ2n) is 6.53. The van der Waals surface area contributed by atoms with Crippen molar-refractivity contribution in [1.82, 2.24) is 25.5 Å². The Kier molecular flexibility index (Phi) is 5.89. The molecule has 1 heterocycles. The number of methoxy groups -OCH3 is 1. The minimum Gasteiger partial charge on any atom is -0.468 e. The summed E-state index contributed by atoms with van der Waals surface area (Å²) in [5, 5.41) is 15.2. The van der Waals surface area contributed by atoms with Crippen LogP contribution in [-0.2, 0) is 16.1 Å². The van der Waals surface area contributed by atoms with Crippen molar-refractivity contribution < 1.29 is 13.9 Å². The van der Waals surface area contributed by atoms with E-state index in [0.29, 0.717) is 5.82 Å². The van der Waals surface area contributed by atoms with Gasteiger partial charge in [-0.3, -0.25) is 4.79 Å². The topological polar surface area (TPSA) is 108 Å². The van der Waals surface area contributed by atoms with Gasteiger partial charge < -0.3 is 15.8 Å². The molecule has 8 nitrogen and oxygen atoms in total. The zero-order valence-electron chi connectivity index (χ0n) is 14.6. The largest absolute Gasteiger partial charge is 0.468 e. The van der Waals surface area contributed by atoms with Crippen LogP contribution in [0.3, 0.4) is 0 Å². The van der Waals surface area contributed by atoms with E-state index in [9.17, 15) is 9.18 Å². The number of benzene rings is 1. The van der Waals surface area contributed by atoms with Crippen molar-refractivity contribution in [2.24, 2.45) is 5.73 Å². The molecule has 0 amide bonds. The van der Waals surface area contributed by atoms with Crippen molar-refractivity contribution in [3.63, 3.8) is 0 Å². The quantitative estimate of drug-likeness (QED) is 0.736. The number of rotatable bonds is 6. The average molecular weight is 362 g/mol. The first-order valence-corrected chi connectivity index (χ1v) is 8.66. The highest BCUT2D eigenvalue weighted by Gasteiger charge is 2.27. The summed E-state index contributed by atoms with van der Waals surface area (Å²) in [7, 11) is 1.31. The second kappa shape index (κ2) is 8.33. The van der Waals surface area contributed by atoms with Crippen molar-refractivity contribution in [2.45, 2.75) is 50.4 Å². The molecule has 140 valence electrons. The number of esters is 1. The molecule has 0 spiro atoms. The molecule has 1 aromatic carbocycles. The first kappa shape index (κ1) is 18.4. The molecule has 1 unspecified atom stereocenters. The van der Waals surface area contributed by atoms with E-state index >= 15 is 0 Å². The number of nitrogens with two attached hydrogens (primary N) is 1. The van der Waals surface area contributed by atoms with Gasteiger partial charge in [0.25, 0.3) is 0 Å². The van der Waals surface area contributed by atoms with Crippen molar-refractivity contribution in [2.75, 3.05) is 7.11 Å². The van der Waals surface area contributed by atoms with Gasteiger partial charge in [0.1, 0.15) is 12.4 Å². The minimum absolute atomic E-state index is 0.0895. The summed E-state index contributed by atoms with van der Waals surface area (Å²) in [6.45, 7) is -0.0895. The van der Waals surface area contributed by atoms with Crippen LogP contribution in [0.1, 0.15) is 43.1 Å². The summed E-state index contributed by atoms with van der Waals surface area (Å²) in [5.41, 5.74) is 6.81. The smallest absolute Gasteiger partial charge is 0.327 e. The Hall–Kier alpha value is -2.39. The van der Waals surface area contributed by atoms with E-state index in [4.69, 9.17) is 10.5 Å². The first-order chi connectivity index (χ1) is 12.6. The average Bonchev–Trinajstić information content (AvgIpc) is 3.10. The van der Waals surface area contributed by atoms with E-state index < -0.39 is 5.97 Å². The van der Waals surface area contributed by atoms with Crippen molar-refractivity contribution in [3.05, 3.63) is 41.5 Å². The maximum atomic E-state index is 13.4. The number of hydrogen-bond acceptors (Lipinski definition) is 7. The SMILES string of the molecule is COC(=O)Cn1nnnc1C(NC1CCC(N)CC1)c1ccc(F)cc1. The van der Waals surface area contributed by atoms with Crippen LogP contribution in [0, 0.1) is 5.82 Å². The monoisotopic (exact) mass is 362 g/mol. The van der Waals surface area contributed by atoms with Gasteiger partial charge >= 0.3 is 5.97 Å². The van der Waals surface area contributed by atoms with Gasteiger partial charge in [0.2, 0.25) is 0 Å². The fraction of sp³-hybridized carbons (Fsp3) is 0.529. The standard InChI is InChI=1S/C17H23FN6O2/c1-26-15(25)10-24-17(21-22-23-24)16(11-2-4-12(18)5-3-11)20-14-8-6-13(19)7-9-14/h2-5,13-14,16,20H,6-10,19H2,1H3. The molecule has 0 radical (unpaired) electrons. The van der Waals surface area contributed by atoms with Gasteiger partial charge in [-0.2, -0.15) is 0 Å². The van der Waals surface area contributed by atoms with Crippen LogP contribution in [0.4, 0.5) is 4.39 Å². The van der Waals surface area contributed by atoms with Gasteiger partial charge in [0.15, 0.2) is 5.82 Å². The van der Waals surface area contributed by atoms with Crippen molar-refractivity contribution >= 4 is 5.97 Å². The first-order valence-electron chi connectivity index (χ1n) is 8.66. The van der Waals surface area contributed by atoms with E-state index in [-0.39, 0.29) is 30.5 Å². The number of halogens is 1. The normalized spacial score (nSPS) is 21.3. The highest BCUT2D eigenvalue weighted by atomic mass is 19.1. The Morgan fingerprint density at radius 1 is 1.35 bits per heavy atom. The summed E-state index contributed by atoms with van der Waals surface area (Å²) in [5.74, 6) is -0.276. The van der Waals surface area contributed by atoms with E-state index in [1.165, 1.54) is 23.9 Å². The van der Waals surface area contributed by atoms with Gasteiger partial charge in [-0.1, -0.05) is 12.1 Å². The van der Waals surface area contributed by atoms with E-state index in [1.807, 2.05) is 0 Å². The molecule has 1 saturated carbocycles. The Balaban J connectivity index is 1.87. The number of aromatic nitrogens is 4. The lowest BCUT2D eigenvalue weighted by Crippen LogP contribution is -2.40. The molecule has 1 aliphatic carbocycles. The molecule has 2 aromatic rings. The van der Waals surface area contributed by atoms with Crippen LogP contribution in [0.15, 0.2) is 24.3 Å². The molecule has 0 bridgehead atoms. The van der Waals surface area contributed by atoms with Gasteiger partial charge in [0.05, 0.1) is 13.2 Å². The Bertz CT molecular complexity index is 727. The summed E-state index contributed by atoms with van der Waals surface area (Å²) in [6, 6.07) is 6.30. The van der Waals surface area contributed by atoms with E-state index in [0.717, 1.165) is 31.2 Å². The lowest BCUT2D eigenvalue weighted by atomic mass is 9.90. The number of hydrogen-bond donors (Lipinski definition) is 2. The van der Waals surface area contributed by atoms with Gasteiger partial charge in [-0.05, 0) is 53.8 Å². The van der Waals surface area contributed by atoms with Gasteiger partial charge in [-0.25, -0.2) is 9.07 Å². The third-order valence-corrected chi connectivity index (χ3v) is 4.70. The fourth-order valence-corrected chi connectivity index (χ4v) is 3.21. The Morgan fingerprint density at radius 2 is 2.04 bits per heavy atom. The predicted octanol–water partition coefficient (Wildman–Crippen LogP) is 0.934. The highest BCUT2D eigenvalue weighted by molar-refractivity contribution is 5.68. The van der Waals surface area contributed by atoms with Crippen molar-refractivity contribution in [1.29, 1.82) is 0 Å². The van der Waals surface area contributed by atoms with Gasteiger partial charge in [-0.15, -0.1) is 5.10 Å². The van der Waals surface area contributed by atoms with E-state index in [1.54, 1.807) is 12.1 Å². The number of nitrogens with zero attached hydrogens (tertiary/aromatic N) is 4. The molecule has 1 aromatic heterocycles. The van der Waals surface area contributed by atoms with Crippen LogP contribution in [-0.4, -0.2) is 45.4 Å². The number of carbonyl (C=O) groups is 1. The lowest BCUT2D eigenvalue weighted by Gasteiger charge is -2.30. The molecule has 1 aliphatic rings. The minimum atomic E-state index is -0.444. The molecular weight excluding hydrogens is 339 g/mol. The summed E-state index contributed by atoms with van der Waals surface area (Å²) in [4.78, 5) is 11.6. The number of carbonyl (C=O) groups excluding carboxylic acids is 1. The predicted molar refractivity (Wildman–Crippen MR) is 91.4 cm³/mol. The summed E-state index contributed by atoms with van der Waals surface area (Å²) >= 11 is 0. The molecular formula is C17H23FN6O2. The Morgan fingerprint density at radius 3 is 2.69 bits per heavy atom. The Labute approximate surface area is 150 Å². The molecule has 0 saturated heterocycles. The number of nitrogens with one attached hydrogen (secondary N) is 1. The number of ether oxygens (including phenoxy) is 1. The van der Waals surface area contributed by atoms with Crippen LogP contribution in [0.5, 0.6) is 0 Å².